The van der Waals surface area contributed by atoms with Crippen molar-refractivity contribution in [3.8, 4) is 0 Å². The van der Waals surface area contributed by atoms with Crippen LogP contribution in [0.15, 0.2) is 24.3 Å². The summed E-state index contributed by atoms with van der Waals surface area (Å²) in [6.45, 7) is 4.84. The molecule has 1 fully saturated rings. The Balaban J connectivity index is 1.76. The standard InChI is InChI=1S/C19H30N2/c1-19(2)12-6-11-17(19)18(21-20)13-15-9-5-8-14-7-3-4-10-16(14)15/h3-4,7,10,15,17-18,21H,5-6,8-9,11-13,20H2,1-2H3. The Bertz CT molecular complexity index is 480. The van der Waals surface area contributed by atoms with Crippen LogP contribution in [0.3, 0.4) is 0 Å². The molecule has 3 N–H and O–H groups in total. The molecule has 1 saturated carbocycles. The first-order valence-corrected chi connectivity index (χ1v) is 8.66. The van der Waals surface area contributed by atoms with Crippen molar-refractivity contribution >= 4 is 0 Å². The van der Waals surface area contributed by atoms with Gasteiger partial charge in [0.2, 0.25) is 0 Å². The van der Waals surface area contributed by atoms with Crippen molar-refractivity contribution in [1.29, 1.82) is 0 Å². The molecule has 0 aromatic heterocycles. The van der Waals surface area contributed by atoms with Crippen LogP contribution in [0.1, 0.15) is 69.4 Å². The van der Waals surface area contributed by atoms with E-state index in [2.05, 4.69) is 43.5 Å². The summed E-state index contributed by atoms with van der Waals surface area (Å²) < 4.78 is 0. The van der Waals surface area contributed by atoms with Gasteiger partial charge in [-0.05, 0) is 66.9 Å². The summed E-state index contributed by atoms with van der Waals surface area (Å²) in [5.74, 6) is 7.37. The summed E-state index contributed by atoms with van der Waals surface area (Å²) in [5, 5.41) is 0. The summed E-state index contributed by atoms with van der Waals surface area (Å²) in [7, 11) is 0. The maximum absolute atomic E-state index is 5.96. The third-order valence-electron chi connectivity index (χ3n) is 6.07. The smallest absolute Gasteiger partial charge is 0.0249 e. The maximum atomic E-state index is 5.96. The molecule has 2 heteroatoms. The fraction of sp³-hybridized carbons (Fsp3) is 0.684. The van der Waals surface area contributed by atoms with E-state index < -0.39 is 0 Å². The zero-order valence-corrected chi connectivity index (χ0v) is 13.6. The van der Waals surface area contributed by atoms with E-state index in [0.29, 0.717) is 17.4 Å². The van der Waals surface area contributed by atoms with Crippen LogP contribution in [-0.2, 0) is 6.42 Å². The van der Waals surface area contributed by atoms with Crippen molar-refractivity contribution in [3.05, 3.63) is 35.4 Å². The number of nitrogens with two attached hydrogens (primary N) is 1. The van der Waals surface area contributed by atoms with Gasteiger partial charge >= 0.3 is 0 Å². The van der Waals surface area contributed by atoms with Crippen LogP contribution in [0.5, 0.6) is 0 Å². The zero-order valence-electron chi connectivity index (χ0n) is 13.6. The van der Waals surface area contributed by atoms with Crippen LogP contribution >= 0.6 is 0 Å². The Labute approximate surface area is 129 Å². The Kier molecular flexibility index (Phi) is 4.37. The Morgan fingerprint density at radius 1 is 1.24 bits per heavy atom. The number of nitrogens with one attached hydrogen (secondary N) is 1. The van der Waals surface area contributed by atoms with Gasteiger partial charge in [-0.15, -0.1) is 0 Å². The molecule has 2 nitrogen and oxygen atoms in total. The van der Waals surface area contributed by atoms with Crippen molar-refractivity contribution in [3.63, 3.8) is 0 Å². The minimum atomic E-state index is 0.436. The first-order chi connectivity index (χ1) is 10.1. The highest BCUT2D eigenvalue weighted by molar-refractivity contribution is 5.32. The van der Waals surface area contributed by atoms with E-state index in [4.69, 9.17) is 5.84 Å². The van der Waals surface area contributed by atoms with E-state index in [-0.39, 0.29) is 0 Å². The lowest BCUT2D eigenvalue weighted by Crippen LogP contribution is -2.45. The summed E-state index contributed by atoms with van der Waals surface area (Å²) in [4.78, 5) is 0. The Morgan fingerprint density at radius 3 is 2.76 bits per heavy atom. The van der Waals surface area contributed by atoms with Gasteiger partial charge < -0.3 is 0 Å². The van der Waals surface area contributed by atoms with Gasteiger partial charge in [-0.2, -0.15) is 0 Å². The van der Waals surface area contributed by atoms with E-state index in [1.54, 1.807) is 11.1 Å². The highest BCUT2D eigenvalue weighted by atomic mass is 15.2. The molecule has 1 aromatic rings. The monoisotopic (exact) mass is 286 g/mol. The number of rotatable bonds is 4. The number of benzene rings is 1. The lowest BCUT2D eigenvalue weighted by molar-refractivity contribution is 0.181. The quantitative estimate of drug-likeness (QED) is 0.644. The van der Waals surface area contributed by atoms with Gasteiger partial charge in [0, 0.05) is 6.04 Å². The molecule has 3 rings (SSSR count). The van der Waals surface area contributed by atoms with Gasteiger partial charge in [0.25, 0.3) is 0 Å². The minimum Gasteiger partial charge on any atom is -0.271 e. The van der Waals surface area contributed by atoms with Crippen LogP contribution in [0.4, 0.5) is 0 Å². The maximum Gasteiger partial charge on any atom is 0.0249 e. The Hall–Kier alpha value is -0.860. The second-order valence-corrected chi connectivity index (χ2v) is 7.78. The largest absolute Gasteiger partial charge is 0.271 e. The van der Waals surface area contributed by atoms with E-state index in [0.717, 1.165) is 5.92 Å². The van der Waals surface area contributed by atoms with E-state index in [9.17, 15) is 0 Å². The number of hydrogen-bond donors (Lipinski definition) is 2. The van der Waals surface area contributed by atoms with Crippen LogP contribution in [0, 0.1) is 11.3 Å². The molecule has 0 spiro atoms. The van der Waals surface area contributed by atoms with Crippen molar-refractivity contribution in [2.75, 3.05) is 0 Å². The fourth-order valence-electron chi connectivity index (χ4n) is 4.85. The van der Waals surface area contributed by atoms with Gasteiger partial charge in [-0.1, -0.05) is 44.5 Å². The molecule has 0 heterocycles. The average molecular weight is 286 g/mol. The molecule has 3 atom stereocenters. The van der Waals surface area contributed by atoms with Crippen molar-refractivity contribution in [1.82, 2.24) is 5.43 Å². The lowest BCUT2D eigenvalue weighted by atomic mass is 9.72. The highest BCUT2D eigenvalue weighted by Crippen LogP contribution is 2.46. The second-order valence-electron chi connectivity index (χ2n) is 7.78. The second kappa shape index (κ2) is 6.10. The predicted octanol–water partition coefficient (Wildman–Crippen LogP) is 4.15. The molecule has 0 amide bonds. The van der Waals surface area contributed by atoms with Gasteiger partial charge in [-0.25, -0.2) is 0 Å². The fourth-order valence-corrected chi connectivity index (χ4v) is 4.85. The number of hydrogen-bond acceptors (Lipinski definition) is 2. The summed E-state index contributed by atoms with van der Waals surface area (Å²) >= 11 is 0. The lowest BCUT2D eigenvalue weighted by Gasteiger charge is -2.37. The zero-order chi connectivity index (χ0) is 14.9. The number of aryl methyl sites for hydroxylation is 1. The van der Waals surface area contributed by atoms with Gasteiger partial charge in [0.15, 0.2) is 0 Å². The third kappa shape index (κ3) is 3.02. The van der Waals surface area contributed by atoms with Crippen LogP contribution < -0.4 is 11.3 Å². The van der Waals surface area contributed by atoms with E-state index in [1.807, 2.05) is 0 Å². The molecule has 1 aromatic carbocycles. The van der Waals surface area contributed by atoms with Crippen LogP contribution in [0.2, 0.25) is 0 Å². The number of fused-ring (bicyclic) bond motifs is 1. The summed E-state index contributed by atoms with van der Waals surface area (Å²) in [6.07, 6.45) is 9.13. The van der Waals surface area contributed by atoms with Gasteiger partial charge in [0.05, 0.1) is 0 Å². The first-order valence-electron chi connectivity index (χ1n) is 8.66. The SMILES string of the molecule is CC1(C)CCCC1C(CC1CCCc2ccccc21)NN. The Morgan fingerprint density at radius 2 is 2.05 bits per heavy atom. The molecule has 0 radical (unpaired) electrons. The summed E-state index contributed by atoms with van der Waals surface area (Å²) in [5.41, 5.74) is 6.76. The van der Waals surface area contributed by atoms with E-state index in [1.165, 1.54) is 44.9 Å². The topological polar surface area (TPSA) is 38.0 Å². The molecule has 21 heavy (non-hydrogen) atoms. The van der Waals surface area contributed by atoms with Crippen molar-refractivity contribution in [2.24, 2.45) is 17.2 Å². The van der Waals surface area contributed by atoms with Crippen LogP contribution in [-0.4, -0.2) is 6.04 Å². The van der Waals surface area contributed by atoms with E-state index >= 15 is 0 Å². The van der Waals surface area contributed by atoms with Crippen molar-refractivity contribution < 1.29 is 0 Å². The van der Waals surface area contributed by atoms with Gasteiger partial charge in [-0.3, -0.25) is 11.3 Å². The molecule has 3 unspecified atom stereocenters. The average Bonchev–Trinajstić information content (AvgIpc) is 2.84. The van der Waals surface area contributed by atoms with Crippen LogP contribution in [0.25, 0.3) is 0 Å². The molecule has 2 aliphatic carbocycles. The van der Waals surface area contributed by atoms with Crippen molar-refractivity contribution in [2.45, 2.75) is 70.8 Å². The molecular formula is C19H30N2. The molecule has 0 saturated heterocycles. The third-order valence-corrected chi connectivity index (χ3v) is 6.07. The first kappa shape index (κ1) is 15.1. The molecule has 0 bridgehead atoms. The van der Waals surface area contributed by atoms with Gasteiger partial charge in [0.1, 0.15) is 0 Å². The molecular weight excluding hydrogens is 256 g/mol. The summed E-state index contributed by atoms with van der Waals surface area (Å²) in [6, 6.07) is 9.48. The predicted molar refractivity (Wildman–Crippen MR) is 89.0 cm³/mol. The molecule has 116 valence electrons. The molecule has 2 aliphatic rings. The number of hydrazine groups is 1. The highest BCUT2D eigenvalue weighted by Gasteiger charge is 2.40. The normalized spacial score (nSPS) is 29.1. The minimum absolute atomic E-state index is 0.436. The molecule has 0 aliphatic heterocycles.